The van der Waals surface area contributed by atoms with Gasteiger partial charge in [0.1, 0.15) is 11.6 Å². The number of nitriles is 1. The highest BCUT2D eigenvalue weighted by Crippen LogP contribution is 2.42. The van der Waals surface area contributed by atoms with Crippen LogP contribution in [-0.4, -0.2) is 13.7 Å². The predicted molar refractivity (Wildman–Crippen MR) is 220 cm³/mol. The molecule has 8 aromatic carbocycles. The Morgan fingerprint density at radius 1 is 0.358 bits per heavy atom. The standard InChI is InChI=1S/C49H30N4/c50-31-40-45(52-42-22-9-5-16-35(42)36-17-6-10-23-43(36)52)25-13-26-46(40)53-44-24-11-7-19-39(44)49-34(20-12-27-47(49)53)32-28-29-38-37-18-4-8-21-41(37)51(48(38)30-32)33-14-2-1-3-15-33/h1-30H. The van der Waals surface area contributed by atoms with E-state index in [2.05, 4.69) is 202 Å². The molecular formula is C49H30N4. The molecule has 0 unspecified atom stereocenters. The van der Waals surface area contributed by atoms with Crippen molar-refractivity contribution in [2.24, 2.45) is 0 Å². The summed E-state index contributed by atoms with van der Waals surface area (Å²) in [4.78, 5) is 0. The number of hydrogen-bond acceptors (Lipinski definition) is 1. The van der Waals surface area contributed by atoms with Gasteiger partial charge in [0, 0.05) is 38.0 Å². The Morgan fingerprint density at radius 2 is 0.830 bits per heavy atom. The van der Waals surface area contributed by atoms with Crippen molar-refractivity contribution in [2.45, 2.75) is 0 Å². The molecule has 0 spiro atoms. The maximum absolute atomic E-state index is 11.0. The Kier molecular flexibility index (Phi) is 6.28. The lowest BCUT2D eigenvalue weighted by atomic mass is 9.98. The van der Waals surface area contributed by atoms with E-state index >= 15 is 0 Å². The second-order valence-electron chi connectivity index (χ2n) is 13.6. The van der Waals surface area contributed by atoms with Gasteiger partial charge in [0.25, 0.3) is 0 Å². The highest BCUT2D eigenvalue weighted by atomic mass is 15.0. The van der Waals surface area contributed by atoms with Crippen molar-refractivity contribution in [3.05, 3.63) is 188 Å². The van der Waals surface area contributed by atoms with Crippen molar-refractivity contribution >= 4 is 65.4 Å². The van der Waals surface area contributed by atoms with E-state index in [-0.39, 0.29) is 0 Å². The third-order valence-electron chi connectivity index (χ3n) is 10.9. The quantitative estimate of drug-likeness (QED) is 0.183. The lowest BCUT2D eigenvalue weighted by Crippen LogP contribution is -2.03. The molecule has 0 aliphatic heterocycles. The van der Waals surface area contributed by atoms with Crippen LogP contribution in [0.2, 0.25) is 0 Å². The summed E-state index contributed by atoms with van der Waals surface area (Å²) in [6, 6.07) is 67.1. The topological polar surface area (TPSA) is 38.6 Å². The summed E-state index contributed by atoms with van der Waals surface area (Å²) in [6.45, 7) is 0. The van der Waals surface area contributed by atoms with Crippen LogP contribution in [0.4, 0.5) is 0 Å². The molecule has 3 aromatic heterocycles. The Morgan fingerprint density at radius 3 is 1.45 bits per heavy atom. The SMILES string of the molecule is N#Cc1c(-n2c3ccccc3c3ccccc32)cccc1-n1c2ccccc2c2c(-c3ccc4c5ccccc5n(-c5ccccc5)c4c3)cccc21. The average Bonchev–Trinajstić information content (AvgIpc) is 3.86. The third-order valence-corrected chi connectivity index (χ3v) is 10.9. The molecule has 0 N–H and O–H groups in total. The maximum Gasteiger partial charge on any atom is 0.104 e. The van der Waals surface area contributed by atoms with Crippen LogP contribution in [0, 0.1) is 11.3 Å². The first kappa shape index (κ1) is 29.4. The summed E-state index contributed by atoms with van der Waals surface area (Å²) in [5.74, 6) is 0. The van der Waals surface area contributed by atoms with Crippen LogP contribution in [0.15, 0.2) is 182 Å². The van der Waals surface area contributed by atoms with Crippen LogP contribution >= 0.6 is 0 Å². The molecule has 0 bridgehead atoms. The van der Waals surface area contributed by atoms with Gasteiger partial charge in [-0.15, -0.1) is 0 Å². The van der Waals surface area contributed by atoms with Gasteiger partial charge in [-0.05, 0) is 71.8 Å². The van der Waals surface area contributed by atoms with E-state index in [1.165, 1.54) is 32.6 Å². The number of para-hydroxylation sites is 5. The fourth-order valence-corrected chi connectivity index (χ4v) is 8.71. The second kappa shape index (κ2) is 11.3. The van der Waals surface area contributed by atoms with Gasteiger partial charge in [0.05, 0.1) is 44.5 Å². The first-order valence-corrected chi connectivity index (χ1v) is 17.9. The van der Waals surface area contributed by atoms with E-state index in [4.69, 9.17) is 0 Å². The molecule has 11 aromatic rings. The van der Waals surface area contributed by atoms with Crippen LogP contribution in [0.3, 0.4) is 0 Å². The van der Waals surface area contributed by atoms with E-state index in [0.717, 1.165) is 61.0 Å². The smallest absolute Gasteiger partial charge is 0.104 e. The lowest BCUT2D eigenvalue weighted by Gasteiger charge is -2.16. The van der Waals surface area contributed by atoms with Crippen LogP contribution in [-0.2, 0) is 0 Å². The molecule has 0 fully saturated rings. The molecule has 0 saturated carbocycles. The van der Waals surface area contributed by atoms with Gasteiger partial charge in [0.15, 0.2) is 0 Å². The van der Waals surface area contributed by atoms with Gasteiger partial charge < -0.3 is 13.7 Å². The number of nitrogens with zero attached hydrogens (tertiary/aromatic N) is 4. The highest BCUT2D eigenvalue weighted by molar-refractivity contribution is 6.17. The summed E-state index contributed by atoms with van der Waals surface area (Å²) in [5, 5.41) is 18.1. The normalized spacial score (nSPS) is 11.8. The Hall–Kier alpha value is -7.35. The molecule has 0 aliphatic carbocycles. The minimum absolute atomic E-state index is 0.626. The predicted octanol–water partition coefficient (Wildman–Crippen LogP) is 12.5. The molecule has 11 rings (SSSR count). The van der Waals surface area contributed by atoms with Gasteiger partial charge in [-0.1, -0.05) is 121 Å². The molecule has 0 aliphatic rings. The van der Waals surface area contributed by atoms with E-state index in [9.17, 15) is 5.26 Å². The Balaban J connectivity index is 1.18. The molecule has 246 valence electrons. The summed E-state index contributed by atoms with van der Waals surface area (Å²) >= 11 is 0. The largest absolute Gasteiger partial charge is 0.309 e. The fourth-order valence-electron chi connectivity index (χ4n) is 8.71. The van der Waals surface area contributed by atoms with Gasteiger partial charge in [-0.25, -0.2) is 0 Å². The molecule has 53 heavy (non-hydrogen) atoms. The zero-order chi connectivity index (χ0) is 35.0. The molecule has 0 atom stereocenters. The van der Waals surface area contributed by atoms with E-state index in [1.807, 2.05) is 0 Å². The third kappa shape index (κ3) is 4.16. The van der Waals surface area contributed by atoms with E-state index in [0.29, 0.717) is 5.56 Å². The maximum atomic E-state index is 11.0. The monoisotopic (exact) mass is 674 g/mol. The molecule has 4 heteroatoms. The zero-order valence-corrected chi connectivity index (χ0v) is 28.6. The van der Waals surface area contributed by atoms with Gasteiger partial charge in [-0.2, -0.15) is 5.26 Å². The Labute approximate surface area is 305 Å². The van der Waals surface area contributed by atoms with Crippen LogP contribution in [0.25, 0.3) is 93.6 Å². The van der Waals surface area contributed by atoms with Gasteiger partial charge >= 0.3 is 0 Å². The first-order valence-electron chi connectivity index (χ1n) is 17.9. The molecule has 0 saturated heterocycles. The van der Waals surface area contributed by atoms with Crippen molar-refractivity contribution in [1.82, 2.24) is 13.7 Å². The highest BCUT2D eigenvalue weighted by Gasteiger charge is 2.22. The van der Waals surface area contributed by atoms with Crippen molar-refractivity contribution in [3.8, 4) is 34.3 Å². The number of aromatic nitrogens is 3. The molecule has 4 nitrogen and oxygen atoms in total. The Bertz CT molecular complexity index is 3240. The summed E-state index contributed by atoms with van der Waals surface area (Å²) < 4.78 is 6.90. The van der Waals surface area contributed by atoms with Crippen LogP contribution in [0.5, 0.6) is 0 Å². The molecule has 0 amide bonds. The number of rotatable bonds is 4. The first-order chi connectivity index (χ1) is 26.3. The number of fused-ring (bicyclic) bond motifs is 9. The van der Waals surface area contributed by atoms with E-state index in [1.54, 1.807) is 0 Å². The average molecular weight is 675 g/mol. The molecule has 3 heterocycles. The van der Waals surface area contributed by atoms with Gasteiger partial charge in [-0.3, -0.25) is 0 Å². The molecule has 0 radical (unpaired) electrons. The van der Waals surface area contributed by atoms with Crippen molar-refractivity contribution in [3.63, 3.8) is 0 Å². The molecular weight excluding hydrogens is 645 g/mol. The number of benzene rings is 8. The van der Waals surface area contributed by atoms with Crippen molar-refractivity contribution in [1.29, 1.82) is 5.26 Å². The van der Waals surface area contributed by atoms with Gasteiger partial charge in [0.2, 0.25) is 0 Å². The van der Waals surface area contributed by atoms with Crippen LogP contribution in [0.1, 0.15) is 5.56 Å². The number of hydrogen-bond donors (Lipinski definition) is 0. The lowest BCUT2D eigenvalue weighted by molar-refractivity contribution is 1.12. The summed E-state index contributed by atoms with van der Waals surface area (Å²) in [6.07, 6.45) is 0. The second-order valence-corrected chi connectivity index (χ2v) is 13.6. The van der Waals surface area contributed by atoms with Crippen molar-refractivity contribution in [2.75, 3.05) is 0 Å². The fraction of sp³-hybridized carbons (Fsp3) is 0. The van der Waals surface area contributed by atoms with Crippen LogP contribution < -0.4 is 0 Å². The minimum Gasteiger partial charge on any atom is -0.309 e. The summed E-state index contributed by atoms with van der Waals surface area (Å²) in [7, 11) is 0. The zero-order valence-electron chi connectivity index (χ0n) is 28.6. The van der Waals surface area contributed by atoms with E-state index < -0.39 is 0 Å². The van der Waals surface area contributed by atoms with Crippen molar-refractivity contribution < 1.29 is 0 Å². The minimum atomic E-state index is 0.626. The summed E-state index contributed by atoms with van der Waals surface area (Å²) in [5.41, 5.74) is 12.4.